The van der Waals surface area contributed by atoms with E-state index in [0.717, 1.165) is 6.20 Å². The Hall–Kier alpha value is -2.37. The second-order valence-electron chi connectivity index (χ2n) is 4.85. The number of rotatable bonds is 2. The number of carbonyl (C=O) groups excluding carboxylic acids is 2. The van der Waals surface area contributed by atoms with E-state index in [9.17, 15) is 14.0 Å². The molecule has 20 heavy (non-hydrogen) atoms. The van der Waals surface area contributed by atoms with Gasteiger partial charge in [0.05, 0.1) is 0 Å². The first-order chi connectivity index (χ1) is 9.28. The van der Waals surface area contributed by atoms with Crippen LogP contribution in [-0.2, 0) is 19.1 Å². The Balaban J connectivity index is 2.17. The fourth-order valence-electron chi connectivity index (χ4n) is 1.62. The van der Waals surface area contributed by atoms with E-state index in [-0.39, 0.29) is 11.4 Å². The van der Waals surface area contributed by atoms with E-state index in [4.69, 9.17) is 9.47 Å². The fourth-order valence-corrected chi connectivity index (χ4v) is 1.62. The van der Waals surface area contributed by atoms with Gasteiger partial charge >= 0.3 is 11.9 Å². The molecule has 0 saturated carbocycles. The quantitative estimate of drug-likeness (QED) is 0.511. The molecule has 0 aromatic heterocycles. The van der Waals surface area contributed by atoms with Gasteiger partial charge in [0.25, 0.3) is 5.79 Å². The molecule has 0 amide bonds. The lowest BCUT2D eigenvalue weighted by atomic mass is 10.2. The number of cyclic esters (lactones) is 2. The molecule has 1 fully saturated rings. The SMILES string of the molecule is Cc1ccc(NC=C2C(=O)OC(C)(C)OC2=O)cc1F. The van der Waals surface area contributed by atoms with Gasteiger partial charge in [-0.25, -0.2) is 14.0 Å². The highest BCUT2D eigenvalue weighted by Crippen LogP contribution is 2.23. The maximum absolute atomic E-state index is 13.4. The maximum atomic E-state index is 13.4. The van der Waals surface area contributed by atoms with Gasteiger partial charge in [0, 0.05) is 25.7 Å². The van der Waals surface area contributed by atoms with E-state index in [1.807, 2.05) is 0 Å². The molecule has 1 aromatic rings. The summed E-state index contributed by atoms with van der Waals surface area (Å²) in [4.78, 5) is 23.3. The smallest absolute Gasteiger partial charge is 0.350 e. The monoisotopic (exact) mass is 279 g/mol. The standard InChI is InChI=1S/C14H14FNO4/c1-8-4-5-9(6-11(8)15)16-7-10-12(17)19-14(2,3)20-13(10)18/h4-7,16H,1-3H3. The minimum atomic E-state index is -1.28. The van der Waals surface area contributed by atoms with Gasteiger partial charge in [-0.2, -0.15) is 0 Å². The summed E-state index contributed by atoms with van der Waals surface area (Å²) < 4.78 is 23.2. The third-order valence-corrected chi connectivity index (χ3v) is 2.67. The Labute approximate surface area is 115 Å². The summed E-state index contributed by atoms with van der Waals surface area (Å²) in [6.45, 7) is 4.56. The second kappa shape index (κ2) is 4.96. The summed E-state index contributed by atoms with van der Waals surface area (Å²) in [7, 11) is 0. The minimum absolute atomic E-state index is 0.273. The van der Waals surface area contributed by atoms with E-state index in [1.54, 1.807) is 19.1 Å². The summed E-state index contributed by atoms with van der Waals surface area (Å²) in [5, 5.41) is 2.67. The van der Waals surface area contributed by atoms with Crippen LogP contribution in [0.2, 0.25) is 0 Å². The van der Waals surface area contributed by atoms with Crippen molar-refractivity contribution in [3.63, 3.8) is 0 Å². The number of nitrogens with one attached hydrogen (secondary N) is 1. The third kappa shape index (κ3) is 2.96. The summed E-state index contributed by atoms with van der Waals surface area (Å²) >= 11 is 0. The number of aryl methyl sites for hydroxylation is 1. The summed E-state index contributed by atoms with van der Waals surface area (Å²) in [5.41, 5.74) is 0.637. The van der Waals surface area contributed by atoms with Crippen molar-refractivity contribution < 1.29 is 23.5 Å². The number of anilines is 1. The van der Waals surface area contributed by atoms with E-state index >= 15 is 0 Å². The highest BCUT2D eigenvalue weighted by molar-refractivity contribution is 6.15. The van der Waals surface area contributed by atoms with Crippen LogP contribution >= 0.6 is 0 Å². The van der Waals surface area contributed by atoms with Crippen molar-refractivity contribution in [2.24, 2.45) is 0 Å². The predicted octanol–water partition coefficient (Wildman–Crippen LogP) is 2.27. The van der Waals surface area contributed by atoms with Gasteiger partial charge in [-0.1, -0.05) is 6.07 Å². The molecule has 0 bridgehead atoms. The van der Waals surface area contributed by atoms with E-state index < -0.39 is 17.7 Å². The molecule has 6 heteroatoms. The summed E-state index contributed by atoms with van der Waals surface area (Å²) in [6, 6.07) is 4.46. The fraction of sp³-hybridized carbons (Fsp3) is 0.286. The molecule has 1 heterocycles. The normalized spacial score (nSPS) is 17.3. The Kier molecular flexibility index (Phi) is 3.48. The van der Waals surface area contributed by atoms with Crippen LogP contribution in [0.15, 0.2) is 30.0 Å². The molecule has 0 unspecified atom stereocenters. The molecule has 0 spiro atoms. The highest BCUT2D eigenvalue weighted by atomic mass is 19.1. The Bertz CT molecular complexity index is 585. The molecule has 0 aliphatic carbocycles. The first-order valence-electron chi connectivity index (χ1n) is 5.98. The van der Waals surface area contributed by atoms with Crippen molar-refractivity contribution in [1.82, 2.24) is 0 Å². The van der Waals surface area contributed by atoms with Gasteiger partial charge in [0.1, 0.15) is 5.82 Å². The molecule has 106 valence electrons. The molecule has 1 aliphatic heterocycles. The van der Waals surface area contributed by atoms with Crippen LogP contribution in [0.5, 0.6) is 0 Å². The van der Waals surface area contributed by atoms with Gasteiger partial charge in [-0.15, -0.1) is 0 Å². The Morgan fingerprint density at radius 1 is 1.20 bits per heavy atom. The predicted molar refractivity (Wildman–Crippen MR) is 69.1 cm³/mol. The lowest BCUT2D eigenvalue weighted by molar-refractivity contribution is -0.222. The number of carbonyl (C=O) groups is 2. The first-order valence-corrected chi connectivity index (χ1v) is 5.98. The molecule has 0 atom stereocenters. The van der Waals surface area contributed by atoms with Crippen molar-refractivity contribution in [1.29, 1.82) is 0 Å². The number of hydrogen-bond donors (Lipinski definition) is 1. The third-order valence-electron chi connectivity index (χ3n) is 2.67. The van der Waals surface area contributed by atoms with Crippen molar-refractivity contribution >= 4 is 17.6 Å². The zero-order valence-electron chi connectivity index (χ0n) is 11.3. The lowest BCUT2D eigenvalue weighted by Gasteiger charge is -2.29. The topological polar surface area (TPSA) is 64.6 Å². The van der Waals surface area contributed by atoms with E-state index in [1.165, 1.54) is 19.9 Å². The number of hydrogen-bond acceptors (Lipinski definition) is 5. The van der Waals surface area contributed by atoms with E-state index in [2.05, 4.69) is 5.32 Å². The van der Waals surface area contributed by atoms with Crippen molar-refractivity contribution in [2.75, 3.05) is 5.32 Å². The van der Waals surface area contributed by atoms with Crippen LogP contribution < -0.4 is 5.32 Å². The zero-order chi connectivity index (χ0) is 14.9. The molecular formula is C14H14FNO4. The van der Waals surface area contributed by atoms with Gasteiger partial charge in [-0.3, -0.25) is 0 Å². The van der Waals surface area contributed by atoms with Crippen molar-refractivity contribution in [3.8, 4) is 0 Å². The zero-order valence-corrected chi connectivity index (χ0v) is 11.3. The lowest BCUT2D eigenvalue weighted by Crippen LogP contribution is -2.42. The molecule has 5 nitrogen and oxygen atoms in total. The van der Waals surface area contributed by atoms with E-state index in [0.29, 0.717) is 11.3 Å². The van der Waals surface area contributed by atoms with Gasteiger partial charge < -0.3 is 14.8 Å². The molecular weight excluding hydrogens is 265 g/mol. The number of ether oxygens (including phenoxy) is 2. The van der Waals surface area contributed by atoms with Crippen LogP contribution in [-0.4, -0.2) is 17.7 Å². The van der Waals surface area contributed by atoms with Crippen LogP contribution in [0.4, 0.5) is 10.1 Å². The maximum Gasteiger partial charge on any atom is 0.350 e. The van der Waals surface area contributed by atoms with Crippen LogP contribution in [0.3, 0.4) is 0 Å². The Morgan fingerprint density at radius 3 is 2.35 bits per heavy atom. The summed E-state index contributed by atoms with van der Waals surface area (Å²) in [5.74, 6) is -3.23. The van der Waals surface area contributed by atoms with Gasteiger partial charge in [-0.05, 0) is 24.6 Å². The van der Waals surface area contributed by atoms with Gasteiger partial charge in [0.15, 0.2) is 5.57 Å². The van der Waals surface area contributed by atoms with Crippen molar-refractivity contribution in [3.05, 3.63) is 41.4 Å². The van der Waals surface area contributed by atoms with Gasteiger partial charge in [0.2, 0.25) is 0 Å². The second-order valence-corrected chi connectivity index (χ2v) is 4.85. The van der Waals surface area contributed by atoms with Crippen LogP contribution in [0.25, 0.3) is 0 Å². The molecule has 1 N–H and O–H groups in total. The highest BCUT2D eigenvalue weighted by Gasteiger charge is 2.38. The molecule has 1 aromatic carbocycles. The minimum Gasteiger partial charge on any atom is -0.419 e. The Morgan fingerprint density at radius 2 is 1.80 bits per heavy atom. The average molecular weight is 279 g/mol. The molecule has 1 saturated heterocycles. The average Bonchev–Trinajstić information content (AvgIpc) is 2.31. The molecule has 0 radical (unpaired) electrons. The number of esters is 2. The summed E-state index contributed by atoms with van der Waals surface area (Å²) in [6.07, 6.45) is 1.14. The van der Waals surface area contributed by atoms with Crippen LogP contribution in [0, 0.1) is 12.7 Å². The molecule has 2 rings (SSSR count). The van der Waals surface area contributed by atoms with Crippen molar-refractivity contribution in [2.45, 2.75) is 26.6 Å². The van der Waals surface area contributed by atoms with Crippen LogP contribution in [0.1, 0.15) is 19.4 Å². The first kappa shape index (κ1) is 14.0. The molecule has 1 aliphatic rings. The number of benzene rings is 1. The largest absolute Gasteiger partial charge is 0.419 e. The number of halogens is 1.